The third-order valence-electron chi connectivity index (χ3n) is 3.47. The lowest BCUT2D eigenvalue weighted by molar-refractivity contribution is 0.475. The number of aromatic hydroxyl groups is 1. The molecule has 21 heavy (non-hydrogen) atoms. The van der Waals surface area contributed by atoms with Crippen molar-refractivity contribution in [3.8, 4) is 5.75 Å². The van der Waals surface area contributed by atoms with Crippen LogP contribution in [0.2, 0.25) is 0 Å². The van der Waals surface area contributed by atoms with Crippen LogP contribution in [0.3, 0.4) is 0 Å². The molecule has 0 spiro atoms. The van der Waals surface area contributed by atoms with Gasteiger partial charge in [-0.15, -0.1) is 0 Å². The van der Waals surface area contributed by atoms with E-state index in [4.69, 9.17) is 5.73 Å². The van der Waals surface area contributed by atoms with Gasteiger partial charge in [-0.2, -0.15) is 0 Å². The molecule has 108 valence electrons. The molecule has 0 atom stereocenters. The van der Waals surface area contributed by atoms with Crippen LogP contribution in [-0.2, 0) is 6.54 Å². The summed E-state index contributed by atoms with van der Waals surface area (Å²) >= 11 is 0. The van der Waals surface area contributed by atoms with Crippen LogP contribution in [0.15, 0.2) is 42.5 Å². The number of imidazole rings is 1. The number of H-pyrrole nitrogens is 1. The molecule has 3 aromatic rings. The molecule has 5 nitrogen and oxygen atoms in total. The summed E-state index contributed by atoms with van der Waals surface area (Å²) in [5, 5.41) is 9.60. The van der Waals surface area contributed by atoms with Crippen LogP contribution in [-0.4, -0.2) is 21.6 Å². The fourth-order valence-electron chi connectivity index (χ4n) is 2.41. The number of phenolic OH excluding ortho intramolecular Hbond substituents is 1. The number of anilines is 2. The van der Waals surface area contributed by atoms with Crippen LogP contribution >= 0.6 is 0 Å². The minimum Gasteiger partial charge on any atom is -0.508 e. The Morgan fingerprint density at radius 1 is 1.24 bits per heavy atom. The molecule has 0 bridgehead atoms. The van der Waals surface area contributed by atoms with Gasteiger partial charge in [0.15, 0.2) is 0 Å². The number of nitrogens with two attached hydrogens (primary N) is 1. The summed E-state index contributed by atoms with van der Waals surface area (Å²) in [5.41, 5.74) is 9.32. The van der Waals surface area contributed by atoms with E-state index in [9.17, 15) is 5.11 Å². The quantitative estimate of drug-likeness (QED) is 0.643. The molecule has 1 aromatic heterocycles. The highest BCUT2D eigenvalue weighted by molar-refractivity contribution is 5.78. The summed E-state index contributed by atoms with van der Waals surface area (Å²) in [6, 6.07) is 12.9. The maximum atomic E-state index is 9.60. The minimum atomic E-state index is 0.267. The lowest BCUT2D eigenvalue weighted by atomic mass is 10.2. The Labute approximate surface area is 123 Å². The molecule has 1 heterocycles. The van der Waals surface area contributed by atoms with E-state index in [1.807, 2.05) is 30.3 Å². The average molecular weight is 282 g/mol. The minimum absolute atomic E-state index is 0.267. The predicted octanol–water partition coefficient (Wildman–Crippen LogP) is 2.88. The molecule has 0 saturated heterocycles. The number of benzene rings is 2. The first-order valence-electron chi connectivity index (χ1n) is 6.94. The number of aromatic nitrogens is 2. The third-order valence-corrected chi connectivity index (χ3v) is 3.47. The second-order valence-corrected chi connectivity index (χ2v) is 4.99. The normalized spacial score (nSPS) is 10.9. The van der Waals surface area contributed by atoms with Crippen LogP contribution in [0.5, 0.6) is 5.75 Å². The molecule has 2 aromatic carbocycles. The third kappa shape index (κ3) is 2.76. The first kappa shape index (κ1) is 13.3. The van der Waals surface area contributed by atoms with Gasteiger partial charge >= 0.3 is 0 Å². The molecule has 3 rings (SSSR count). The number of nitrogens with one attached hydrogen (secondary N) is 1. The number of hydrogen-bond donors (Lipinski definition) is 3. The Morgan fingerprint density at radius 2 is 2.10 bits per heavy atom. The van der Waals surface area contributed by atoms with Crippen molar-refractivity contribution in [2.45, 2.75) is 13.5 Å². The van der Waals surface area contributed by atoms with E-state index in [0.29, 0.717) is 6.54 Å². The highest BCUT2D eigenvalue weighted by Gasteiger charge is 2.09. The molecule has 0 aliphatic rings. The zero-order chi connectivity index (χ0) is 14.8. The van der Waals surface area contributed by atoms with Crippen LogP contribution in [0.25, 0.3) is 11.0 Å². The molecule has 0 aliphatic carbocycles. The highest BCUT2D eigenvalue weighted by Crippen LogP contribution is 2.22. The van der Waals surface area contributed by atoms with Crippen molar-refractivity contribution < 1.29 is 5.11 Å². The topological polar surface area (TPSA) is 78.2 Å². The van der Waals surface area contributed by atoms with Crippen LogP contribution in [0.1, 0.15) is 12.7 Å². The SMILES string of the molecule is CCN(Cc1nc2ccc(N)cc2[nH]1)c1cccc(O)c1. The monoisotopic (exact) mass is 282 g/mol. The van der Waals surface area contributed by atoms with E-state index in [1.165, 1.54) is 0 Å². The van der Waals surface area contributed by atoms with Crippen molar-refractivity contribution in [1.29, 1.82) is 0 Å². The van der Waals surface area contributed by atoms with Gasteiger partial charge < -0.3 is 20.7 Å². The first-order valence-corrected chi connectivity index (χ1v) is 6.94. The van der Waals surface area contributed by atoms with E-state index < -0.39 is 0 Å². The van der Waals surface area contributed by atoms with Gasteiger partial charge in [-0.3, -0.25) is 0 Å². The average Bonchev–Trinajstić information content (AvgIpc) is 2.86. The molecule has 0 amide bonds. The highest BCUT2D eigenvalue weighted by atomic mass is 16.3. The Bertz CT molecular complexity index is 766. The summed E-state index contributed by atoms with van der Waals surface area (Å²) in [6.45, 7) is 3.54. The second-order valence-electron chi connectivity index (χ2n) is 4.99. The summed E-state index contributed by atoms with van der Waals surface area (Å²) in [4.78, 5) is 10.0. The maximum Gasteiger partial charge on any atom is 0.126 e. The maximum absolute atomic E-state index is 9.60. The molecule has 0 aliphatic heterocycles. The molecule has 0 fully saturated rings. The van der Waals surface area contributed by atoms with Gasteiger partial charge in [0.1, 0.15) is 11.6 Å². The molecular weight excluding hydrogens is 264 g/mol. The summed E-state index contributed by atoms with van der Waals surface area (Å²) in [6.07, 6.45) is 0. The van der Waals surface area contributed by atoms with E-state index in [1.54, 1.807) is 12.1 Å². The zero-order valence-corrected chi connectivity index (χ0v) is 11.9. The molecule has 4 N–H and O–H groups in total. The van der Waals surface area contributed by atoms with E-state index >= 15 is 0 Å². The number of hydrogen-bond acceptors (Lipinski definition) is 4. The van der Waals surface area contributed by atoms with Crippen LogP contribution in [0, 0.1) is 0 Å². The lowest BCUT2D eigenvalue weighted by Crippen LogP contribution is -2.22. The predicted molar refractivity (Wildman–Crippen MR) is 85.3 cm³/mol. The van der Waals surface area contributed by atoms with Crippen LogP contribution < -0.4 is 10.6 Å². The van der Waals surface area contributed by atoms with Crippen molar-refractivity contribution in [1.82, 2.24) is 9.97 Å². The zero-order valence-electron chi connectivity index (χ0n) is 11.9. The van der Waals surface area contributed by atoms with Crippen molar-refractivity contribution in [3.05, 3.63) is 48.3 Å². The second kappa shape index (κ2) is 5.36. The van der Waals surface area contributed by atoms with Gasteiger partial charge in [0.05, 0.1) is 17.6 Å². The van der Waals surface area contributed by atoms with Crippen molar-refractivity contribution >= 4 is 22.4 Å². The number of fused-ring (bicyclic) bond motifs is 1. The van der Waals surface area contributed by atoms with Gasteiger partial charge in [-0.1, -0.05) is 6.07 Å². The largest absolute Gasteiger partial charge is 0.508 e. The van der Waals surface area contributed by atoms with Gasteiger partial charge in [0, 0.05) is 24.0 Å². The summed E-state index contributed by atoms with van der Waals surface area (Å²) < 4.78 is 0. The lowest BCUT2D eigenvalue weighted by Gasteiger charge is -2.21. The molecule has 0 radical (unpaired) electrons. The summed E-state index contributed by atoms with van der Waals surface area (Å²) in [5.74, 6) is 1.14. The molecule has 0 unspecified atom stereocenters. The molecule has 5 heteroatoms. The van der Waals surface area contributed by atoms with Crippen molar-refractivity contribution in [2.75, 3.05) is 17.2 Å². The standard InChI is InChI=1S/C16H18N4O/c1-2-20(12-4-3-5-13(21)9-12)10-16-18-14-7-6-11(17)8-15(14)19-16/h3-9,21H,2,10,17H2,1H3,(H,18,19). The number of nitrogens with zero attached hydrogens (tertiary/aromatic N) is 2. The molecule has 0 saturated carbocycles. The Morgan fingerprint density at radius 3 is 2.86 bits per heavy atom. The molecular formula is C16H18N4O. The van der Waals surface area contributed by atoms with Gasteiger partial charge in [0.2, 0.25) is 0 Å². The van der Waals surface area contributed by atoms with Gasteiger partial charge in [-0.05, 0) is 37.3 Å². The van der Waals surface area contributed by atoms with Crippen molar-refractivity contribution in [3.63, 3.8) is 0 Å². The van der Waals surface area contributed by atoms with E-state index in [0.717, 1.165) is 34.8 Å². The fraction of sp³-hybridized carbons (Fsp3) is 0.188. The Balaban J connectivity index is 1.88. The Hall–Kier alpha value is -2.69. The Kier molecular flexibility index (Phi) is 3.39. The van der Waals surface area contributed by atoms with E-state index in [-0.39, 0.29) is 5.75 Å². The van der Waals surface area contributed by atoms with Gasteiger partial charge in [0.25, 0.3) is 0 Å². The number of phenols is 1. The first-order chi connectivity index (χ1) is 10.2. The number of rotatable bonds is 4. The number of nitrogen functional groups attached to an aromatic ring is 1. The van der Waals surface area contributed by atoms with Crippen LogP contribution in [0.4, 0.5) is 11.4 Å². The van der Waals surface area contributed by atoms with E-state index in [2.05, 4.69) is 21.8 Å². The van der Waals surface area contributed by atoms with Gasteiger partial charge in [-0.25, -0.2) is 4.98 Å². The fourth-order valence-corrected chi connectivity index (χ4v) is 2.41. The summed E-state index contributed by atoms with van der Waals surface area (Å²) in [7, 11) is 0. The number of aromatic amines is 1. The smallest absolute Gasteiger partial charge is 0.126 e. The van der Waals surface area contributed by atoms with Crippen molar-refractivity contribution in [2.24, 2.45) is 0 Å².